The number of hydrogen-bond donors (Lipinski definition) is 3. The van der Waals surface area contributed by atoms with Crippen molar-refractivity contribution in [3.8, 4) is 6.07 Å². The van der Waals surface area contributed by atoms with Gasteiger partial charge in [-0.05, 0) is 55.9 Å². The summed E-state index contributed by atoms with van der Waals surface area (Å²) >= 11 is 0. The van der Waals surface area contributed by atoms with Gasteiger partial charge in [-0.2, -0.15) is 5.26 Å². The fraction of sp³-hybridized carbons (Fsp3) is 0.333. The van der Waals surface area contributed by atoms with Gasteiger partial charge in [0, 0.05) is 18.2 Å². The normalized spacial score (nSPS) is 22.9. The van der Waals surface area contributed by atoms with Gasteiger partial charge in [-0.3, -0.25) is 4.79 Å². The number of aliphatic carboxylic acids is 2. The molecule has 2 heterocycles. The van der Waals surface area contributed by atoms with E-state index in [0.717, 1.165) is 17.7 Å². The molecule has 0 amide bonds. The molecule has 9 nitrogen and oxygen atoms in total. The highest BCUT2D eigenvalue weighted by atomic mass is 19.1. The predicted molar refractivity (Wildman–Crippen MR) is 117 cm³/mol. The fourth-order valence-electron chi connectivity index (χ4n) is 4.21. The quantitative estimate of drug-likeness (QED) is 0.568. The van der Waals surface area contributed by atoms with Crippen LogP contribution in [0.25, 0.3) is 0 Å². The van der Waals surface area contributed by atoms with E-state index in [-0.39, 0.29) is 30.3 Å². The molecule has 1 fully saturated rings. The number of ketones is 1. The summed E-state index contributed by atoms with van der Waals surface area (Å²) in [5.74, 6) is -4.09. The average molecular weight is 469 g/mol. The predicted octanol–water partition coefficient (Wildman–Crippen LogP) is 1.49. The molecular weight excluding hydrogens is 445 g/mol. The van der Waals surface area contributed by atoms with Crippen LogP contribution < -0.4 is 5.32 Å². The molecular formula is C24H24FN3O6. The number of nitriles is 1. The van der Waals surface area contributed by atoms with E-state index in [9.17, 15) is 14.4 Å². The second-order valence-electron chi connectivity index (χ2n) is 8.25. The zero-order valence-corrected chi connectivity index (χ0v) is 18.6. The zero-order chi connectivity index (χ0) is 25.0. The van der Waals surface area contributed by atoms with Gasteiger partial charge >= 0.3 is 11.9 Å². The molecule has 2 aliphatic rings. The molecule has 10 heteroatoms. The minimum atomic E-state index is -1.82. The van der Waals surface area contributed by atoms with E-state index in [1.807, 2.05) is 14.1 Å². The molecule has 3 atom stereocenters. The Morgan fingerprint density at radius 1 is 1.15 bits per heavy atom. The van der Waals surface area contributed by atoms with E-state index in [4.69, 9.17) is 24.5 Å². The number of benzene rings is 2. The third kappa shape index (κ3) is 4.82. The summed E-state index contributed by atoms with van der Waals surface area (Å²) in [5.41, 5.74) is 1.39. The largest absolute Gasteiger partial charge is 0.473 e. The van der Waals surface area contributed by atoms with Crippen molar-refractivity contribution in [1.82, 2.24) is 10.2 Å². The third-order valence-electron chi connectivity index (χ3n) is 5.99. The molecule has 0 aromatic heterocycles. The Morgan fingerprint density at radius 2 is 1.79 bits per heavy atom. The minimum Gasteiger partial charge on any atom is -0.473 e. The van der Waals surface area contributed by atoms with Crippen molar-refractivity contribution in [3.05, 3.63) is 70.5 Å². The maximum atomic E-state index is 13.8. The number of ether oxygens (including phenoxy) is 1. The number of nitrogens with one attached hydrogen (secondary N) is 1. The standard InChI is InChI=1S/C22H22FN3O2.C2H2O4/c1-26(2)18-10-20(25-12-18)21(27)22(16-4-6-17(23)7-5-16)19-8-3-14(11-24)9-15(19)13-28-22;3-1(4)2(5)6/h3-9,18,20,25H,10,12-13H2,1-2H3;(H,3,4)(H,5,6). The highest BCUT2D eigenvalue weighted by Gasteiger charge is 2.52. The topological polar surface area (TPSA) is 140 Å². The van der Waals surface area contributed by atoms with Gasteiger partial charge in [0.1, 0.15) is 5.82 Å². The van der Waals surface area contributed by atoms with Crippen molar-refractivity contribution < 1.29 is 33.7 Å². The maximum absolute atomic E-state index is 13.8. The number of carboxylic acids is 2. The highest BCUT2D eigenvalue weighted by Crippen LogP contribution is 2.44. The molecule has 0 aliphatic carbocycles. The smallest absolute Gasteiger partial charge is 0.414 e. The number of carbonyl (C=O) groups is 3. The lowest BCUT2D eigenvalue weighted by atomic mass is 9.79. The van der Waals surface area contributed by atoms with Gasteiger partial charge in [-0.1, -0.05) is 18.2 Å². The molecule has 1 saturated heterocycles. The fourth-order valence-corrected chi connectivity index (χ4v) is 4.21. The van der Waals surface area contributed by atoms with Crippen LogP contribution in [-0.2, 0) is 31.3 Å². The van der Waals surface area contributed by atoms with Crippen molar-refractivity contribution in [2.45, 2.75) is 30.7 Å². The van der Waals surface area contributed by atoms with Crippen LogP contribution >= 0.6 is 0 Å². The van der Waals surface area contributed by atoms with Crippen molar-refractivity contribution in [2.75, 3.05) is 20.6 Å². The summed E-state index contributed by atoms with van der Waals surface area (Å²) in [4.78, 5) is 34.1. The molecule has 178 valence electrons. The van der Waals surface area contributed by atoms with Gasteiger partial charge in [0.15, 0.2) is 11.4 Å². The Labute approximate surface area is 195 Å². The molecule has 0 saturated carbocycles. The van der Waals surface area contributed by atoms with Gasteiger partial charge in [-0.15, -0.1) is 0 Å². The molecule has 3 N–H and O–H groups in total. The maximum Gasteiger partial charge on any atom is 0.414 e. The number of likely N-dealkylation sites (N-methyl/N-ethyl adjacent to an activating group) is 1. The SMILES string of the molecule is CN(C)C1CNC(C(=O)C2(c3ccc(F)cc3)OCc3cc(C#N)ccc32)C1.O=C(O)C(=O)O. The van der Waals surface area contributed by atoms with Crippen LogP contribution in [-0.4, -0.2) is 65.6 Å². The van der Waals surface area contributed by atoms with Crippen molar-refractivity contribution in [3.63, 3.8) is 0 Å². The van der Waals surface area contributed by atoms with Crippen LogP contribution in [0.1, 0.15) is 28.7 Å². The second-order valence-corrected chi connectivity index (χ2v) is 8.25. The number of nitrogens with zero attached hydrogens (tertiary/aromatic N) is 2. The summed E-state index contributed by atoms with van der Waals surface area (Å²) < 4.78 is 19.7. The van der Waals surface area contributed by atoms with E-state index >= 15 is 0 Å². The third-order valence-corrected chi connectivity index (χ3v) is 5.99. The van der Waals surface area contributed by atoms with E-state index in [0.29, 0.717) is 17.5 Å². The lowest BCUT2D eigenvalue weighted by molar-refractivity contribution is -0.159. The molecule has 34 heavy (non-hydrogen) atoms. The monoisotopic (exact) mass is 469 g/mol. The number of Topliss-reactive ketones (excluding diaryl/α,β-unsaturated/α-hetero) is 1. The summed E-state index contributed by atoms with van der Waals surface area (Å²) in [6.45, 7) is 0.959. The van der Waals surface area contributed by atoms with E-state index in [2.05, 4.69) is 16.3 Å². The first-order valence-electron chi connectivity index (χ1n) is 10.4. The summed E-state index contributed by atoms with van der Waals surface area (Å²) in [6.07, 6.45) is 0.684. The Morgan fingerprint density at radius 3 is 2.32 bits per heavy atom. The van der Waals surface area contributed by atoms with E-state index in [1.165, 1.54) is 12.1 Å². The Hall–Kier alpha value is -3.65. The van der Waals surface area contributed by atoms with Crippen LogP contribution in [0, 0.1) is 17.1 Å². The summed E-state index contributed by atoms with van der Waals surface area (Å²) in [5, 5.41) is 27.3. The highest BCUT2D eigenvalue weighted by molar-refractivity contribution is 6.27. The van der Waals surface area contributed by atoms with E-state index < -0.39 is 17.5 Å². The lowest BCUT2D eigenvalue weighted by Crippen LogP contribution is -2.47. The van der Waals surface area contributed by atoms with Crippen molar-refractivity contribution >= 4 is 17.7 Å². The molecule has 2 aromatic rings. The number of carboxylic acid groups (broad SMARTS) is 2. The average Bonchev–Trinajstić information content (AvgIpc) is 3.45. The number of rotatable bonds is 4. The Kier molecular flexibility index (Phi) is 7.41. The molecule has 0 bridgehead atoms. The Balaban J connectivity index is 0.000000481. The number of hydrogen-bond acceptors (Lipinski definition) is 7. The van der Waals surface area contributed by atoms with Gasteiger partial charge < -0.3 is 25.2 Å². The van der Waals surface area contributed by atoms with Crippen LogP contribution in [0.3, 0.4) is 0 Å². The van der Waals surface area contributed by atoms with Crippen molar-refractivity contribution in [1.29, 1.82) is 5.26 Å². The second kappa shape index (κ2) is 10.1. The van der Waals surface area contributed by atoms with Gasteiger partial charge in [-0.25, -0.2) is 14.0 Å². The minimum absolute atomic E-state index is 0.0769. The van der Waals surface area contributed by atoms with Crippen LogP contribution in [0.4, 0.5) is 4.39 Å². The molecule has 4 rings (SSSR count). The van der Waals surface area contributed by atoms with E-state index in [1.54, 1.807) is 30.3 Å². The lowest BCUT2D eigenvalue weighted by Gasteiger charge is -2.31. The first kappa shape index (κ1) is 25.0. The molecule has 2 aliphatic heterocycles. The first-order valence-corrected chi connectivity index (χ1v) is 10.4. The molecule has 3 unspecified atom stereocenters. The van der Waals surface area contributed by atoms with Gasteiger partial charge in [0.05, 0.1) is 24.3 Å². The van der Waals surface area contributed by atoms with Gasteiger partial charge in [0.2, 0.25) is 0 Å². The molecule has 2 aromatic carbocycles. The number of fused-ring (bicyclic) bond motifs is 1. The number of halogens is 1. The van der Waals surface area contributed by atoms with Gasteiger partial charge in [0.25, 0.3) is 0 Å². The van der Waals surface area contributed by atoms with Crippen LogP contribution in [0.15, 0.2) is 42.5 Å². The Bertz CT molecular complexity index is 1130. The first-order chi connectivity index (χ1) is 16.1. The van der Waals surface area contributed by atoms with Crippen LogP contribution in [0.2, 0.25) is 0 Å². The molecule has 0 radical (unpaired) electrons. The number of carbonyl (C=O) groups excluding carboxylic acids is 1. The zero-order valence-electron chi connectivity index (χ0n) is 18.6. The molecule has 0 spiro atoms. The summed E-state index contributed by atoms with van der Waals surface area (Å²) in [6, 6.07) is 13.2. The summed E-state index contributed by atoms with van der Waals surface area (Å²) in [7, 11) is 4.00. The van der Waals surface area contributed by atoms with Crippen LogP contribution in [0.5, 0.6) is 0 Å². The van der Waals surface area contributed by atoms with Crippen molar-refractivity contribution in [2.24, 2.45) is 0 Å².